The number of hydrogen-bond donors (Lipinski definition) is 5. The minimum absolute atomic E-state index is 0.00476. The second-order valence-corrected chi connectivity index (χ2v) is 14.8. The van der Waals surface area contributed by atoms with Gasteiger partial charge in [0.05, 0.1) is 23.3 Å². The highest BCUT2D eigenvalue weighted by atomic mass is 79.9. The fourth-order valence-corrected chi connectivity index (χ4v) is 7.01. The van der Waals surface area contributed by atoms with Crippen molar-refractivity contribution in [1.82, 2.24) is 25.4 Å². The molecule has 3 aromatic rings. The van der Waals surface area contributed by atoms with Gasteiger partial charge in [-0.3, -0.25) is 19.2 Å². The number of benzene rings is 2. The van der Waals surface area contributed by atoms with Gasteiger partial charge in [-0.15, -0.1) is 0 Å². The highest BCUT2D eigenvalue weighted by Gasteiger charge is 2.38. The summed E-state index contributed by atoms with van der Waals surface area (Å²) in [4.78, 5) is 52.7. The van der Waals surface area contributed by atoms with Crippen molar-refractivity contribution < 1.29 is 33.1 Å². The molecule has 0 bridgehead atoms. The number of aliphatic hydroxyl groups is 1. The highest BCUT2D eigenvalue weighted by molar-refractivity contribution is 9.09. The number of carbonyl (C=O) groups is 4. The SMILES string of the molecule is CC(C)(C)[C@H](c1cc(-c2cc(F)ccc2F)cn1Cc1ccccc1)N(CC[C@H](N)C(=O)NC1CCCC1C(=O)NCCNC(=O)CBr)C(=O)CO. The maximum atomic E-state index is 15.0. The molecule has 14 heteroatoms. The van der Waals surface area contributed by atoms with Gasteiger partial charge < -0.3 is 36.3 Å². The Bertz CT molecular complexity index is 1700. The maximum Gasteiger partial charge on any atom is 0.248 e. The Morgan fingerprint density at radius 3 is 2.42 bits per heavy atom. The molecule has 1 fully saturated rings. The van der Waals surface area contributed by atoms with Crippen molar-refractivity contribution >= 4 is 39.6 Å². The Labute approximate surface area is 311 Å². The van der Waals surface area contributed by atoms with Crippen molar-refractivity contribution in [3.8, 4) is 11.1 Å². The molecule has 1 aliphatic rings. The quantitative estimate of drug-likeness (QED) is 0.109. The summed E-state index contributed by atoms with van der Waals surface area (Å²) in [6.07, 6.45) is 3.72. The lowest BCUT2D eigenvalue weighted by Crippen LogP contribution is -2.51. The van der Waals surface area contributed by atoms with E-state index in [1.54, 1.807) is 12.3 Å². The van der Waals surface area contributed by atoms with Crippen LogP contribution in [0.25, 0.3) is 11.1 Å². The number of aliphatic hydroxyl groups excluding tert-OH is 1. The van der Waals surface area contributed by atoms with E-state index in [0.29, 0.717) is 30.6 Å². The van der Waals surface area contributed by atoms with Gasteiger partial charge in [0.15, 0.2) is 0 Å². The molecular formula is C38H49BrF2N6O5. The normalized spacial score (nSPS) is 16.9. The highest BCUT2D eigenvalue weighted by Crippen LogP contribution is 2.41. The predicted molar refractivity (Wildman–Crippen MR) is 198 cm³/mol. The van der Waals surface area contributed by atoms with Crippen molar-refractivity contribution in [3.05, 3.63) is 83.7 Å². The van der Waals surface area contributed by atoms with Gasteiger partial charge in [-0.2, -0.15) is 0 Å². The standard InChI is InChI=1S/C38H49BrF2N6O5/c1-38(2,3)35(32-18-25(28-19-26(40)12-13-29(28)41)22-46(32)21-24-8-5-4-6-9-24)47(34(50)23-48)17-14-30(42)37(52)45-31-11-7-10-27(31)36(51)44-16-15-43-33(49)20-39/h4-6,8-9,12-13,18-19,22,27,30-31,35,48H,7,10-11,14-17,20-21,23,42H2,1-3H3,(H,43,49)(H,44,51)(H,45,52)/t27?,30-,31?,35-/m0/s1. The third-order valence-corrected chi connectivity index (χ3v) is 9.81. The van der Waals surface area contributed by atoms with Gasteiger partial charge in [-0.1, -0.05) is 73.5 Å². The molecule has 2 unspecified atom stereocenters. The van der Waals surface area contributed by atoms with E-state index >= 15 is 4.39 Å². The third-order valence-electron chi connectivity index (χ3n) is 9.30. The van der Waals surface area contributed by atoms with E-state index in [1.807, 2.05) is 55.7 Å². The summed E-state index contributed by atoms with van der Waals surface area (Å²) in [6.45, 7) is 5.92. The number of rotatable bonds is 16. The number of carbonyl (C=O) groups excluding carboxylic acids is 4. The average molecular weight is 788 g/mol. The number of hydrogen-bond acceptors (Lipinski definition) is 6. The van der Waals surface area contributed by atoms with E-state index in [9.17, 15) is 28.7 Å². The number of nitrogens with one attached hydrogen (secondary N) is 3. The van der Waals surface area contributed by atoms with Crippen LogP contribution in [0, 0.1) is 23.0 Å². The molecule has 6 N–H and O–H groups in total. The number of alkyl halides is 1. The molecule has 0 radical (unpaired) electrons. The first-order chi connectivity index (χ1) is 24.7. The predicted octanol–water partition coefficient (Wildman–Crippen LogP) is 4.02. The van der Waals surface area contributed by atoms with Crippen LogP contribution in [0.3, 0.4) is 0 Å². The topological polar surface area (TPSA) is 159 Å². The summed E-state index contributed by atoms with van der Waals surface area (Å²) < 4.78 is 31.3. The van der Waals surface area contributed by atoms with E-state index in [-0.39, 0.29) is 48.8 Å². The van der Waals surface area contributed by atoms with Crippen LogP contribution < -0.4 is 21.7 Å². The molecular weight excluding hydrogens is 738 g/mol. The first-order valence-corrected chi connectivity index (χ1v) is 18.6. The summed E-state index contributed by atoms with van der Waals surface area (Å²) in [6, 6.07) is 12.4. The van der Waals surface area contributed by atoms with E-state index in [4.69, 9.17) is 5.73 Å². The summed E-state index contributed by atoms with van der Waals surface area (Å²) >= 11 is 3.07. The van der Waals surface area contributed by atoms with E-state index in [0.717, 1.165) is 30.2 Å². The summed E-state index contributed by atoms with van der Waals surface area (Å²) in [5.41, 5.74) is 7.82. The molecule has 4 rings (SSSR count). The zero-order chi connectivity index (χ0) is 38.0. The molecule has 1 saturated carbocycles. The monoisotopic (exact) mass is 786 g/mol. The van der Waals surface area contributed by atoms with Crippen LogP contribution in [0.15, 0.2) is 60.8 Å². The number of halogens is 3. The van der Waals surface area contributed by atoms with E-state index < -0.39 is 59.5 Å². The first-order valence-electron chi connectivity index (χ1n) is 17.5. The number of nitrogens with two attached hydrogens (primary N) is 1. The zero-order valence-electron chi connectivity index (χ0n) is 29.8. The Morgan fingerprint density at radius 1 is 1.04 bits per heavy atom. The van der Waals surface area contributed by atoms with Crippen molar-refractivity contribution in [2.75, 3.05) is 31.6 Å². The number of nitrogens with zero attached hydrogens (tertiary/aromatic N) is 2. The van der Waals surface area contributed by atoms with Gasteiger partial charge in [0.25, 0.3) is 0 Å². The van der Waals surface area contributed by atoms with Gasteiger partial charge in [-0.05, 0) is 54.5 Å². The molecule has 1 aromatic heterocycles. The Balaban J connectivity index is 1.55. The van der Waals surface area contributed by atoms with Gasteiger partial charge in [0, 0.05) is 55.2 Å². The lowest BCUT2D eigenvalue weighted by atomic mass is 9.82. The minimum atomic E-state index is -1.04. The van der Waals surface area contributed by atoms with Crippen LogP contribution in [0.4, 0.5) is 8.78 Å². The van der Waals surface area contributed by atoms with Crippen molar-refractivity contribution in [3.63, 3.8) is 0 Å². The summed E-state index contributed by atoms with van der Waals surface area (Å²) in [7, 11) is 0. The third kappa shape index (κ3) is 10.7. The molecule has 282 valence electrons. The zero-order valence-corrected chi connectivity index (χ0v) is 31.4. The van der Waals surface area contributed by atoms with Crippen molar-refractivity contribution in [2.24, 2.45) is 17.1 Å². The minimum Gasteiger partial charge on any atom is -0.387 e. The molecule has 1 aliphatic carbocycles. The van der Waals surface area contributed by atoms with Gasteiger partial charge in [0.1, 0.15) is 18.2 Å². The summed E-state index contributed by atoms with van der Waals surface area (Å²) in [5, 5.41) is 18.7. The van der Waals surface area contributed by atoms with Crippen LogP contribution in [0.2, 0.25) is 0 Å². The molecule has 0 saturated heterocycles. The molecule has 0 spiro atoms. The fourth-order valence-electron chi connectivity index (χ4n) is 6.81. The molecule has 4 atom stereocenters. The second-order valence-electron chi connectivity index (χ2n) is 14.2. The van der Waals surface area contributed by atoms with Crippen molar-refractivity contribution in [1.29, 1.82) is 0 Å². The Hall–Kier alpha value is -4.14. The van der Waals surface area contributed by atoms with Crippen LogP contribution in [0.5, 0.6) is 0 Å². The average Bonchev–Trinajstić information content (AvgIpc) is 3.75. The molecule has 4 amide bonds. The molecule has 2 aromatic carbocycles. The second kappa shape index (κ2) is 18.6. The number of aromatic nitrogens is 1. The largest absolute Gasteiger partial charge is 0.387 e. The maximum absolute atomic E-state index is 15.0. The van der Waals surface area contributed by atoms with E-state index in [2.05, 4.69) is 31.9 Å². The van der Waals surface area contributed by atoms with Gasteiger partial charge in [0.2, 0.25) is 23.6 Å². The lowest BCUT2D eigenvalue weighted by Gasteiger charge is -2.41. The Kier molecular flexibility index (Phi) is 14.5. The fraction of sp³-hybridized carbons (Fsp3) is 0.474. The smallest absolute Gasteiger partial charge is 0.248 e. The summed E-state index contributed by atoms with van der Waals surface area (Å²) in [5.74, 6) is -3.09. The van der Waals surface area contributed by atoms with Crippen molar-refractivity contribution in [2.45, 2.75) is 71.1 Å². The molecule has 1 heterocycles. The van der Waals surface area contributed by atoms with Crippen LogP contribution >= 0.6 is 15.9 Å². The van der Waals surface area contributed by atoms with Gasteiger partial charge in [-0.25, -0.2) is 8.78 Å². The molecule has 52 heavy (non-hydrogen) atoms. The first kappa shape index (κ1) is 40.6. The van der Waals surface area contributed by atoms with Gasteiger partial charge >= 0.3 is 0 Å². The lowest BCUT2D eigenvalue weighted by molar-refractivity contribution is -0.140. The number of amides is 4. The molecule has 0 aliphatic heterocycles. The van der Waals surface area contributed by atoms with Crippen LogP contribution in [-0.2, 0) is 25.7 Å². The van der Waals surface area contributed by atoms with Crippen LogP contribution in [-0.4, -0.2) is 81.9 Å². The van der Waals surface area contributed by atoms with E-state index in [1.165, 1.54) is 4.90 Å². The van der Waals surface area contributed by atoms with Crippen LogP contribution in [0.1, 0.15) is 63.8 Å². The molecule has 11 nitrogen and oxygen atoms in total. The Morgan fingerprint density at radius 2 is 1.75 bits per heavy atom.